The van der Waals surface area contributed by atoms with Crippen molar-refractivity contribution >= 4 is 40.3 Å². The van der Waals surface area contributed by atoms with E-state index in [0.717, 1.165) is 36.1 Å². The number of aryl methyl sites for hydroxylation is 1. The van der Waals surface area contributed by atoms with Gasteiger partial charge in [-0.3, -0.25) is 14.6 Å². The first-order valence-corrected chi connectivity index (χ1v) is 9.86. The first kappa shape index (κ1) is 20.5. The molecule has 0 fully saturated rings. The van der Waals surface area contributed by atoms with Crippen LogP contribution in [-0.4, -0.2) is 44.5 Å². The van der Waals surface area contributed by atoms with E-state index >= 15 is 0 Å². The molecule has 0 spiro atoms. The number of nitrogens with zero attached hydrogens (tertiary/aromatic N) is 4. The van der Waals surface area contributed by atoms with Crippen LogP contribution in [0.3, 0.4) is 0 Å². The van der Waals surface area contributed by atoms with E-state index in [1.807, 2.05) is 12.1 Å². The monoisotopic (exact) mass is 398 g/mol. The molecule has 0 saturated heterocycles. The Balaban J connectivity index is 1.94. The molecule has 0 bridgehead atoms. The molecule has 1 atom stereocenters. The highest BCUT2D eigenvalue weighted by Crippen LogP contribution is 2.27. The molecule has 3 aromatic rings. The van der Waals surface area contributed by atoms with Gasteiger partial charge in [0.25, 0.3) is 12.4 Å². The van der Waals surface area contributed by atoms with Crippen molar-refractivity contribution in [3.05, 3.63) is 24.2 Å². The highest BCUT2D eigenvalue weighted by atomic mass is 16.5. The van der Waals surface area contributed by atoms with Gasteiger partial charge in [-0.15, -0.1) is 0 Å². The summed E-state index contributed by atoms with van der Waals surface area (Å²) < 4.78 is 6.87. The zero-order valence-corrected chi connectivity index (χ0v) is 16.7. The Kier molecular flexibility index (Phi) is 6.58. The molecule has 3 aromatic heterocycles. The number of anilines is 1. The minimum atomic E-state index is -0.783. The number of fused-ring (bicyclic) bond motifs is 3. The van der Waals surface area contributed by atoms with Crippen molar-refractivity contribution in [3.63, 3.8) is 0 Å². The minimum absolute atomic E-state index is 0.299. The average molecular weight is 398 g/mol. The molecule has 3 N–H and O–H groups in total. The van der Waals surface area contributed by atoms with Gasteiger partial charge in [0.05, 0.1) is 5.52 Å². The molecular formula is C20H26N6O3. The maximum atomic E-state index is 12.2. The Morgan fingerprint density at radius 3 is 2.90 bits per heavy atom. The van der Waals surface area contributed by atoms with E-state index < -0.39 is 6.10 Å². The van der Waals surface area contributed by atoms with Gasteiger partial charge >= 0.3 is 0 Å². The summed E-state index contributed by atoms with van der Waals surface area (Å²) in [5.41, 5.74) is 9.05. The quantitative estimate of drug-likeness (QED) is 0.500. The fourth-order valence-corrected chi connectivity index (χ4v) is 3.35. The normalized spacial score (nSPS) is 12.2. The first-order chi connectivity index (χ1) is 14.1. The Hall–Kier alpha value is -3.23. The minimum Gasteiger partial charge on any atom is -0.454 e. The van der Waals surface area contributed by atoms with E-state index in [0.29, 0.717) is 42.8 Å². The molecule has 3 heterocycles. The lowest BCUT2D eigenvalue weighted by Gasteiger charge is -2.14. The molecule has 0 aliphatic carbocycles. The van der Waals surface area contributed by atoms with Crippen LogP contribution in [0.2, 0.25) is 0 Å². The number of carbonyl (C=O) groups is 2. The smallest absolute Gasteiger partial charge is 0.293 e. The summed E-state index contributed by atoms with van der Waals surface area (Å²) in [5, 5.41) is 2.83. The van der Waals surface area contributed by atoms with E-state index in [2.05, 4.69) is 26.8 Å². The lowest BCUT2D eigenvalue weighted by molar-refractivity contribution is -0.145. The van der Waals surface area contributed by atoms with Crippen molar-refractivity contribution in [2.45, 2.75) is 52.2 Å². The molecule has 0 saturated carbocycles. The molecule has 0 aliphatic rings. The standard InChI is InChI=1S/C20H26N6O3/c1-3-5-8-15-25-17-18(16-13(24-19(17)21)7-6-9-22-16)26(15)11-10-23-20(28)14(4-2)29-12-27/h6-7,9,12,14H,3-5,8,10-11H2,1-2H3,(H2,21,24)(H,23,28). The number of ether oxygens (including phenoxy) is 1. The summed E-state index contributed by atoms with van der Waals surface area (Å²) in [6.07, 6.45) is 4.16. The Morgan fingerprint density at radius 1 is 1.34 bits per heavy atom. The largest absolute Gasteiger partial charge is 0.454 e. The predicted molar refractivity (Wildman–Crippen MR) is 110 cm³/mol. The molecule has 1 amide bonds. The zero-order chi connectivity index (χ0) is 20.8. The van der Waals surface area contributed by atoms with E-state index in [1.54, 1.807) is 13.1 Å². The van der Waals surface area contributed by atoms with Crippen LogP contribution in [0.15, 0.2) is 18.3 Å². The van der Waals surface area contributed by atoms with Crippen molar-refractivity contribution in [1.82, 2.24) is 24.8 Å². The molecule has 0 aliphatic heterocycles. The molecule has 9 nitrogen and oxygen atoms in total. The second kappa shape index (κ2) is 9.31. The Labute approximate surface area is 168 Å². The van der Waals surface area contributed by atoms with Crippen LogP contribution in [0.4, 0.5) is 5.82 Å². The van der Waals surface area contributed by atoms with Gasteiger partial charge in [0.2, 0.25) is 0 Å². The number of nitrogen functional groups attached to an aromatic ring is 1. The second-order valence-corrected chi connectivity index (χ2v) is 6.77. The Morgan fingerprint density at radius 2 is 2.17 bits per heavy atom. The van der Waals surface area contributed by atoms with Crippen LogP contribution in [0.5, 0.6) is 0 Å². The molecule has 29 heavy (non-hydrogen) atoms. The third kappa shape index (κ3) is 4.28. The van der Waals surface area contributed by atoms with Crippen LogP contribution < -0.4 is 11.1 Å². The van der Waals surface area contributed by atoms with Gasteiger partial charge in [-0.25, -0.2) is 9.97 Å². The van der Waals surface area contributed by atoms with Crippen molar-refractivity contribution in [2.24, 2.45) is 0 Å². The van der Waals surface area contributed by atoms with Gasteiger partial charge in [-0.05, 0) is 25.0 Å². The fourth-order valence-electron chi connectivity index (χ4n) is 3.35. The first-order valence-electron chi connectivity index (χ1n) is 9.86. The molecule has 0 radical (unpaired) electrons. The van der Waals surface area contributed by atoms with E-state index in [4.69, 9.17) is 15.5 Å². The number of nitrogens with two attached hydrogens (primary N) is 1. The molecular weight excluding hydrogens is 372 g/mol. The fraction of sp³-hybridized carbons (Fsp3) is 0.450. The molecule has 1 unspecified atom stereocenters. The lowest BCUT2D eigenvalue weighted by atomic mass is 10.2. The number of hydrogen-bond acceptors (Lipinski definition) is 7. The van der Waals surface area contributed by atoms with Crippen LogP contribution >= 0.6 is 0 Å². The van der Waals surface area contributed by atoms with Crippen molar-refractivity contribution < 1.29 is 14.3 Å². The maximum absolute atomic E-state index is 12.2. The van der Waals surface area contributed by atoms with Crippen LogP contribution in [0, 0.1) is 0 Å². The summed E-state index contributed by atoms with van der Waals surface area (Å²) in [7, 11) is 0. The summed E-state index contributed by atoms with van der Waals surface area (Å²) in [4.78, 5) is 36.4. The molecule has 3 rings (SSSR count). The van der Waals surface area contributed by atoms with Crippen molar-refractivity contribution in [2.75, 3.05) is 12.3 Å². The summed E-state index contributed by atoms with van der Waals surface area (Å²) in [5.74, 6) is 0.939. The summed E-state index contributed by atoms with van der Waals surface area (Å²) in [6, 6.07) is 3.68. The highest BCUT2D eigenvalue weighted by molar-refractivity contribution is 6.04. The van der Waals surface area contributed by atoms with Crippen molar-refractivity contribution in [1.29, 1.82) is 0 Å². The second-order valence-electron chi connectivity index (χ2n) is 6.77. The number of rotatable bonds is 10. The molecule has 0 aromatic carbocycles. The number of carbonyl (C=O) groups excluding carboxylic acids is 2. The van der Waals surface area contributed by atoms with E-state index in [9.17, 15) is 9.59 Å². The number of pyridine rings is 2. The highest BCUT2D eigenvalue weighted by Gasteiger charge is 2.19. The number of nitrogens with one attached hydrogen (secondary N) is 1. The van der Waals surface area contributed by atoms with Crippen molar-refractivity contribution in [3.8, 4) is 0 Å². The van der Waals surface area contributed by atoms with Gasteiger partial charge in [0.1, 0.15) is 22.4 Å². The predicted octanol–water partition coefficient (Wildman–Crippen LogP) is 1.97. The Bertz CT molecular complexity index is 1020. The number of amides is 1. The van der Waals surface area contributed by atoms with E-state index in [-0.39, 0.29) is 5.91 Å². The maximum Gasteiger partial charge on any atom is 0.293 e. The summed E-state index contributed by atoms with van der Waals surface area (Å²) >= 11 is 0. The third-order valence-corrected chi connectivity index (χ3v) is 4.81. The van der Waals surface area contributed by atoms with Gasteiger partial charge in [0.15, 0.2) is 11.9 Å². The van der Waals surface area contributed by atoms with E-state index in [1.165, 1.54) is 0 Å². The van der Waals surface area contributed by atoms with Gasteiger partial charge in [0, 0.05) is 25.7 Å². The zero-order valence-electron chi connectivity index (χ0n) is 16.7. The average Bonchev–Trinajstić information content (AvgIpc) is 3.09. The number of aromatic nitrogens is 4. The SMILES string of the molecule is CCCCc1nc2c(N)nc3cccnc3c2n1CCNC(=O)C(CC)OC=O. The van der Waals surface area contributed by atoms with Crippen LogP contribution in [0.25, 0.3) is 22.1 Å². The van der Waals surface area contributed by atoms with Gasteiger partial charge < -0.3 is 20.4 Å². The van der Waals surface area contributed by atoms with Crippen LogP contribution in [-0.2, 0) is 27.3 Å². The molecule has 154 valence electrons. The number of unbranched alkanes of at least 4 members (excludes halogenated alkanes) is 1. The summed E-state index contributed by atoms with van der Waals surface area (Å²) in [6.45, 7) is 5.06. The lowest BCUT2D eigenvalue weighted by Crippen LogP contribution is -2.37. The van der Waals surface area contributed by atoms with Crippen LogP contribution in [0.1, 0.15) is 38.9 Å². The molecule has 9 heteroatoms. The number of imidazole rings is 1. The third-order valence-electron chi connectivity index (χ3n) is 4.81. The van der Waals surface area contributed by atoms with Gasteiger partial charge in [-0.1, -0.05) is 20.3 Å². The van der Waals surface area contributed by atoms with Gasteiger partial charge in [-0.2, -0.15) is 0 Å². The topological polar surface area (TPSA) is 125 Å². The number of hydrogen-bond donors (Lipinski definition) is 2.